The first-order chi connectivity index (χ1) is 14.5. The molecule has 0 bridgehead atoms. The molecule has 0 spiro atoms. The highest BCUT2D eigenvalue weighted by molar-refractivity contribution is 5.94. The predicted octanol–water partition coefficient (Wildman–Crippen LogP) is 4.74. The molecule has 0 heterocycles. The number of hydrogen-bond donors (Lipinski definition) is 3. The van der Waals surface area contributed by atoms with Gasteiger partial charge in [-0.15, -0.1) is 0 Å². The fraction of sp³-hybridized carbons (Fsp3) is 0.200. The van der Waals surface area contributed by atoms with E-state index in [1.165, 1.54) is 0 Å². The zero-order chi connectivity index (χ0) is 21.3. The number of urea groups is 1. The Morgan fingerprint density at radius 1 is 0.667 bits per heavy atom. The van der Waals surface area contributed by atoms with Gasteiger partial charge in [0.2, 0.25) is 5.91 Å². The highest BCUT2D eigenvalue weighted by Gasteiger charge is 2.27. The van der Waals surface area contributed by atoms with Gasteiger partial charge in [0.05, 0.1) is 6.04 Å². The Bertz CT molecular complexity index is 904. The van der Waals surface area contributed by atoms with Crippen LogP contribution in [0.5, 0.6) is 0 Å². The van der Waals surface area contributed by atoms with Gasteiger partial charge in [0.15, 0.2) is 0 Å². The number of rotatable bonds is 7. The minimum absolute atomic E-state index is 0.0845. The molecule has 0 aliphatic carbocycles. The van der Waals surface area contributed by atoms with Crippen LogP contribution in [0.2, 0.25) is 0 Å². The summed E-state index contributed by atoms with van der Waals surface area (Å²) >= 11 is 0. The number of hydrogen-bond acceptors (Lipinski definition) is 2. The molecule has 0 fully saturated rings. The summed E-state index contributed by atoms with van der Waals surface area (Å²) in [7, 11) is 0. The van der Waals surface area contributed by atoms with E-state index in [2.05, 4.69) is 16.0 Å². The van der Waals surface area contributed by atoms with E-state index in [-0.39, 0.29) is 17.9 Å². The van der Waals surface area contributed by atoms with Gasteiger partial charge in [0, 0.05) is 5.69 Å². The lowest BCUT2D eigenvalue weighted by molar-refractivity contribution is -0.124. The van der Waals surface area contributed by atoms with Crippen LogP contribution in [0.4, 0.5) is 10.5 Å². The molecule has 1 atom stereocenters. The monoisotopic (exact) mass is 401 g/mol. The van der Waals surface area contributed by atoms with Gasteiger partial charge in [0.1, 0.15) is 6.04 Å². The minimum Gasteiger partial charge on any atom is -0.343 e. The first kappa shape index (κ1) is 21.1. The molecule has 3 aromatic carbocycles. The lowest BCUT2D eigenvalue weighted by Crippen LogP contribution is -2.51. The van der Waals surface area contributed by atoms with E-state index in [9.17, 15) is 9.59 Å². The van der Waals surface area contributed by atoms with Crippen LogP contribution in [0, 0.1) is 5.92 Å². The van der Waals surface area contributed by atoms with Gasteiger partial charge >= 0.3 is 6.03 Å². The number of amides is 3. The molecule has 3 rings (SSSR count). The molecule has 3 amide bonds. The van der Waals surface area contributed by atoms with Crippen molar-refractivity contribution in [2.24, 2.45) is 5.92 Å². The molecule has 3 aromatic rings. The van der Waals surface area contributed by atoms with Crippen LogP contribution >= 0.6 is 0 Å². The summed E-state index contributed by atoms with van der Waals surface area (Å²) in [5.41, 5.74) is 2.63. The van der Waals surface area contributed by atoms with Crippen LogP contribution in [0.3, 0.4) is 0 Å². The molecule has 0 unspecified atom stereocenters. The summed E-state index contributed by atoms with van der Waals surface area (Å²) in [4.78, 5) is 25.6. The topological polar surface area (TPSA) is 70.2 Å². The van der Waals surface area contributed by atoms with E-state index in [0.717, 1.165) is 11.1 Å². The normalized spacial score (nSPS) is 11.7. The maximum absolute atomic E-state index is 13.2. The average molecular weight is 402 g/mol. The Morgan fingerprint density at radius 2 is 1.13 bits per heavy atom. The molecular formula is C25H27N3O2. The molecule has 0 aromatic heterocycles. The second kappa shape index (κ2) is 10.3. The Balaban J connectivity index is 1.75. The van der Waals surface area contributed by atoms with Crippen molar-refractivity contribution >= 4 is 17.6 Å². The standard InChI is InChI=1S/C25H27N3O2/c1-18(2)22(28-25(30)26-21-16-10-5-11-17-21)24(29)27-23(19-12-6-3-7-13-19)20-14-8-4-9-15-20/h3-18,22-23H,1-2H3,(H,27,29)(H2,26,28,30)/t22-/m1/s1. The Labute approximate surface area is 177 Å². The molecule has 3 N–H and O–H groups in total. The molecule has 0 radical (unpaired) electrons. The Hall–Kier alpha value is -3.60. The third kappa shape index (κ3) is 5.70. The van der Waals surface area contributed by atoms with Crippen LogP contribution in [0.25, 0.3) is 0 Å². The van der Waals surface area contributed by atoms with Gasteiger partial charge in [-0.1, -0.05) is 92.7 Å². The summed E-state index contributed by atoms with van der Waals surface area (Å²) < 4.78 is 0. The summed E-state index contributed by atoms with van der Waals surface area (Å²) in [5, 5.41) is 8.70. The van der Waals surface area contributed by atoms with Gasteiger partial charge in [0.25, 0.3) is 0 Å². The molecule has 30 heavy (non-hydrogen) atoms. The van der Waals surface area contributed by atoms with Crippen molar-refractivity contribution in [2.75, 3.05) is 5.32 Å². The molecule has 154 valence electrons. The first-order valence-corrected chi connectivity index (χ1v) is 10.1. The lowest BCUT2D eigenvalue weighted by atomic mass is 9.97. The molecule has 0 aliphatic heterocycles. The van der Waals surface area contributed by atoms with Gasteiger partial charge in [-0.3, -0.25) is 4.79 Å². The summed E-state index contributed by atoms with van der Waals surface area (Å²) in [6, 6.07) is 27.4. The quantitative estimate of drug-likeness (QED) is 0.535. The molecule has 0 saturated heterocycles. The third-order valence-corrected chi connectivity index (χ3v) is 4.82. The van der Waals surface area contributed by atoms with Crippen molar-refractivity contribution < 1.29 is 9.59 Å². The van der Waals surface area contributed by atoms with Crippen LogP contribution in [-0.2, 0) is 4.79 Å². The Morgan fingerprint density at radius 3 is 1.60 bits per heavy atom. The SMILES string of the molecule is CC(C)[C@@H](NC(=O)Nc1ccccc1)C(=O)NC(c1ccccc1)c1ccccc1. The predicted molar refractivity (Wildman–Crippen MR) is 120 cm³/mol. The number of para-hydroxylation sites is 1. The summed E-state index contributed by atoms with van der Waals surface area (Å²) in [5.74, 6) is -0.315. The summed E-state index contributed by atoms with van der Waals surface area (Å²) in [6.07, 6.45) is 0. The van der Waals surface area contributed by atoms with Gasteiger partial charge in [-0.05, 0) is 29.2 Å². The largest absolute Gasteiger partial charge is 0.343 e. The average Bonchev–Trinajstić information content (AvgIpc) is 2.77. The van der Waals surface area contributed by atoms with E-state index < -0.39 is 12.1 Å². The second-order valence-corrected chi connectivity index (χ2v) is 7.45. The zero-order valence-electron chi connectivity index (χ0n) is 17.2. The van der Waals surface area contributed by atoms with Crippen LogP contribution in [-0.4, -0.2) is 18.0 Å². The second-order valence-electron chi connectivity index (χ2n) is 7.45. The van der Waals surface area contributed by atoms with E-state index in [4.69, 9.17) is 0 Å². The van der Waals surface area contributed by atoms with Crippen LogP contribution in [0.15, 0.2) is 91.0 Å². The van der Waals surface area contributed by atoms with Crippen molar-refractivity contribution in [1.29, 1.82) is 0 Å². The van der Waals surface area contributed by atoms with Gasteiger partial charge < -0.3 is 16.0 Å². The number of benzene rings is 3. The molecule has 0 aliphatic rings. The van der Waals surface area contributed by atoms with Crippen molar-refractivity contribution in [1.82, 2.24) is 10.6 Å². The number of nitrogens with one attached hydrogen (secondary N) is 3. The maximum Gasteiger partial charge on any atom is 0.319 e. The van der Waals surface area contributed by atoms with Crippen molar-refractivity contribution in [3.63, 3.8) is 0 Å². The lowest BCUT2D eigenvalue weighted by Gasteiger charge is -2.26. The zero-order valence-corrected chi connectivity index (χ0v) is 17.2. The fourth-order valence-corrected chi connectivity index (χ4v) is 3.25. The molecule has 0 saturated carbocycles. The maximum atomic E-state index is 13.2. The molecular weight excluding hydrogens is 374 g/mol. The van der Waals surface area contributed by atoms with Crippen molar-refractivity contribution in [2.45, 2.75) is 25.9 Å². The van der Waals surface area contributed by atoms with E-state index in [1.807, 2.05) is 92.7 Å². The number of anilines is 1. The third-order valence-electron chi connectivity index (χ3n) is 4.82. The first-order valence-electron chi connectivity index (χ1n) is 10.1. The van der Waals surface area contributed by atoms with Crippen LogP contribution < -0.4 is 16.0 Å². The smallest absolute Gasteiger partial charge is 0.319 e. The van der Waals surface area contributed by atoms with Crippen molar-refractivity contribution in [3.05, 3.63) is 102 Å². The summed E-state index contributed by atoms with van der Waals surface area (Å²) in [6.45, 7) is 3.82. The highest BCUT2D eigenvalue weighted by Crippen LogP contribution is 2.22. The minimum atomic E-state index is -0.677. The fourth-order valence-electron chi connectivity index (χ4n) is 3.25. The molecule has 5 nitrogen and oxygen atoms in total. The van der Waals surface area contributed by atoms with Crippen molar-refractivity contribution in [3.8, 4) is 0 Å². The van der Waals surface area contributed by atoms with E-state index >= 15 is 0 Å². The number of carbonyl (C=O) groups excluding carboxylic acids is 2. The highest BCUT2D eigenvalue weighted by atomic mass is 16.2. The Kier molecular flexibility index (Phi) is 7.22. The van der Waals surface area contributed by atoms with Crippen LogP contribution in [0.1, 0.15) is 31.0 Å². The van der Waals surface area contributed by atoms with E-state index in [1.54, 1.807) is 12.1 Å². The molecule has 5 heteroatoms. The van der Waals surface area contributed by atoms with Gasteiger partial charge in [-0.25, -0.2) is 4.79 Å². The number of carbonyl (C=O) groups is 2. The van der Waals surface area contributed by atoms with E-state index in [0.29, 0.717) is 5.69 Å². The van der Waals surface area contributed by atoms with Gasteiger partial charge in [-0.2, -0.15) is 0 Å².